The van der Waals surface area contributed by atoms with Gasteiger partial charge in [0.2, 0.25) is 0 Å². The number of likely N-dealkylation sites (tertiary alicyclic amines) is 1. The lowest BCUT2D eigenvalue weighted by molar-refractivity contribution is 0.0915. The molecule has 2 unspecified atom stereocenters. The lowest BCUT2D eigenvalue weighted by atomic mass is 10.00. The van der Waals surface area contributed by atoms with Gasteiger partial charge < -0.3 is 10.2 Å². The fourth-order valence-electron chi connectivity index (χ4n) is 3.31. The molecule has 3 rings (SSSR count). The van der Waals surface area contributed by atoms with Crippen molar-refractivity contribution in [1.29, 1.82) is 0 Å². The van der Waals surface area contributed by atoms with Crippen LogP contribution in [0.5, 0.6) is 0 Å². The molecule has 2 aromatic rings. The Labute approximate surface area is 153 Å². The summed E-state index contributed by atoms with van der Waals surface area (Å²) in [5.74, 6) is 0.517. The number of hydrogen-bond donors (Lipinski definition) is 1. The molecule has 134 valence electrons. The van der Waals surface area contributed by atoms with Crippen molar-refractivity contribution in [3.63, 3.8) is 0 Å². The van der Waals surface area contributed by atoms with Crippen molar-refractivity contribution in [3.8, 4) is 5.69 Å². The Morgan fingerprint density at radius 1 is 1.44 bits per heavy atom. The smallest absolute Gasteiger partial charge is 0.273 e. The molecule has 1 aromatic heterocycles. The monoisotopic (exact) mass is 361 g/mol. The van der Waals surface area contributed by atoms with E-state index in [4.69, 9.17) is 11.6 Å². The number of hydrogen-bond acceptors (Lipinski definition) is 4. The molecule has 1 saturated heterocycles. The number of carbonyl (C=O) groups is 1. The molecule has 0 spiro atoms. The molecule has 1 aliphatic heterocycles. The molecule has 1 amide bonds. The maximum absolute atomic E-state index is 12.4. The normalized spacial score (nSPS) is 19.6. The number of benzene rings is 1. The van der Waals surface area contributed by atoms with Gasteiger partial charge in [-0.15, -0.1) is 5.10 Å². The maximum atomic E-state index is 12.4. The van der Waals surface area contributed by atoms with E-state index in [1.165, 1.54) is 17.5 Å². The molecular weight excluding hydrogens is 338 g/mol. The molecule has 1 N–H and O–H groups in total. The van der Waals surface area contributed by atoms with Crippen molar-refractivity contribution < 1.29 is 4.79 Å². The number of halogens is 1. The van der Waals surface area contributed by atoms with Crippen molar-refractivity contribution in [2.45, 2.75) is 32.7 Å². The highest BCUT2D eigenvalue weighted by Gasteiger charge is 2.20. The molecule has 6 nitrogen and oxygen atoms in total. The lowest BCUT2D eigenvalue weighted by Gasteiger charge is -2.32. The number of nitrogens with one attached hydrogen (secondary N) is 1. The molecule has 0 bridgehead atoms. The van der Waals surface area contributed by atoms with Crippen LogP contribution in [0.15, 0.2) is 30.5 Å². The summed E-state index contributed by atoms with van der Waals surface area (Å²) < 4.78 is 1.52. The van der Waals surface area contributed by atoms with E-state index in [0.29, 0.717) is 16.4 Å². The zero-order chi connectivity index (χ0) is 17.8. The van der Waals surface area contributed by atoms with Crippen molar-refractivity contribution >= 4 is 17.5 Å². The van der Waals surface area contributed by atoms with Crippen molar-refractivity contribution in [2.75, 3.05) is 19.6 Å². The van der Waals surface area contributed by atoms with Crippen molar-refractivity contribution in [2.24, 2.45) is 5.92 Å². The first-order valence-electron chi connectivity index (χ1n) is 8.73. The summed E-state index contributed by atoms with van der Waals surface area (Å²) in [6.45, 7) is 7.36. The van der Waals surface area contributed by atoms with E-state index < -0.39 is 0 Å². The first-order valence-corrected chi connectivity index (χ1v) is 9.11. The number of nitrogens with zero attached hydrogens (tertiary/aromatic N) is 4. The fourth-order valence-corrected chi connectivity index (χ4v) is 3.53. The zero-order valence-electron chi connectivity index (χ0n) is 14.7. The van der Waals surface area contributed by atoms with Gasteiger partial charge in [0.1, 0.15) is 0 Å². The number of piperidine rings is 1. The molecule has 2 heterocycles. The van der Waals surface area contributed by atoms with Crippen LogP contribution < -0.4 is 5.32 Å². The Morgan fingerprint density at radius 2 is 2.24 bits per heavy atom. The minimum Gasteiger partial charge on any atom is -0.347 e. The summed E-state index contributed by atoms with van der Waals surface area (Å²) in [4.78, 5) is 14.8. The Kier molecular flexibility index (Phi) is 5.71. The molecule has 1 fully saturated rings. The van der Waals surface area contributed by atoms with Gasteiger partial charge in [0, 0.05) is 19.1 Å². The van der Waals surface area contributed by atoms with E-state index in [1.54, 1.807) is 12.3 Å². The minimum absolute atomic E-state index is 0.0586. The van der Waals surface area contributed by atoms with Crippen LogP contribution in [-0.4, -0.2) is 51.5 Å². The highest BCUT2D eigenvalue weighted by Crippen LogP contribution is 2.19. The Balaban J connectivity index is 1.59. The standard InChI is InChI=1S/C18H24ClN5O/c1-13-6-5-9-23(10-13)11-14(2)20-18(25)16-12-24(22-21-16)17-8-4-3-7-15(17)19/h3-4,7-8,12-14H,5-6,9-11H2,1-2H3,(H,20,25). The Bertz CT molecular complexity index is 732. The first-order chi connectivity index (χ1) is 12.0. The summed E-state index contributed by atoms with van der Waals surface area (Å²) in [5, 5.41) is 11.6. The van der Waals surface area contributed by atoms with E-state index >= 15 is 0 Å². The second-order valence-electron chi connectivity index (χ2n) is 6.88. The summed E-state index contributed by atoms with van der Waals surface area (Å²) >= 11 is 6.16. The summed E-state index contributed by atoms with van der Waals surface area (Å²) in [7, 11) is 0. The molecule has 2 atom stereocenters. The van der Waals surface area contributed by atoms with Crippen LogP contribution >= 0.6 is 11.6 Å². The highest BCUT2D eigenvalue weighted by molar-refractivity contribution is 6.32. The van der Waals surface area contributed by atoms with Gasteiger partial charge in [-0.2, -0.15) is 0 Å². The Morgan fingerprint density at radius 3 is 3.00 bits per heavy atom. The number of para-hydroxylation sites is 1. The molecule has 25 heavy (non-hydrogen) atoms. The summed E-state index contributed by atoms with van der Waals surface area (Å²) in [5.41, 5.74) is 0.991. The highest BCUT2D eigenvalue weighted by atomic mass is 35.5. The number of rotatable bonds is 5. The second kappa shape index (κ2) is 7.97. The van der Waals surface area contributed by atoms with Crippen LogP contribution in [0.4, 0.5) is 0 Å². The number of amides is 1. The summed E-state index contributed by atoms with van der Waals surface area (Å²) in [6, 6.07) is 7.38. The third kappa shape index (κ3) is 4.58. The van der Waals surface area contributed by atoms with E-state index in [1.807, 2.05) is 25.1 Å². The van der Waals surface area contributed by atoms with Gasteiger partial charge in [-0.05, 0) is 44.4 Å². The van der Waals surface area contributed by atoms with Crippen LogP contribution in [0, 0.1) is 5.92 Å². The third-order valence-corrected chi connectivity index (χ3v) is 4.80. The molecule has 1 aliphatic rings. The average Bonchev–Trinajstić information content (AvgIpc) is 3.05. The number of carbonyl (C=O) groups excluding carboxylic acids is 1. The van der Waals surface area contributed by atoms with Crippen LogP contribution in [0.25, 0.3) is 5.69 Å². The van der Waals surface area contributed by atoms with E-state index in [2.05, 4.69) is 27.5 Å². The second-order valence-corrected chi connectivity index (χ2v) is 7.29. The molecule has 0 saturated carbocycles. The molecule has 0 radical (unpaired) electrons. The Hall–Kier alpha value is -1.92. The SMILES string of the molecule is CC1CCCN(CC(C)NC(=O)c2cn(-c3ccccc3Cl)nn2)C1. The van der Waals surface area contributed by atoms with E-state index in [0.717, 1.165) is 25.6 Å². The predicted molar refractivity (Wildman–Crippen MR) is 98.1 cm³/mol. The molecule has 7 heteroatoms. The van der Waals surface area contributed by atoms with Crippen LogP contribution in [0.2, 0.25) is 5.02 Å². The van der Waals surface area contributed by atoms with Gasteiger partial charge in [-0.1, -0.05) is 35.9 Å². The molecular formula is C18H24ClN5O. The lowest BCUT2D eigenvalue weighted by Crippen LogP contribution is -2.45. The van der Waals surface area contributed by atoms with Gasteiger partial charge in [0.15, 0.2) is 5.69 Å². The van der Waals surface area contributed by atoms with Crippen LogP contribution in [-0.2, 0) is 0 Å². The topological polar surface area (TPSA) is 63.1 Å². The summed E-state index contributed by atoms with van der Waals surface area (Å²) in [6.07, 6.45) is 4.13. The first kappa shape index (κ1) is 17.9. The van der Waals surface area contributed by atoms with Gasteiger partial charge >= 0.3 is 0 Å². The third-order valence-electron chi connectivity index (χ3n) is 4.48. The predicted octanol–water partition coefficient (Wildman–Crippen LogP) is 2.77. The maximum Gasteiger partial charge on any atom is 0.273 e. The van der Waals surface area contributed by atoms with Gasteiger partial charge in [-0.3, -0.25) is 4.79 Å². The largest absolute Gasteiger partial charge is 0.347 e. The fraction of sp³-hybridized carbons (Fsp3) is 0.500. The zero-order valence-corrected chi connectivity index (χ0v) is 15.4. The van der Waals surface area contributed by atoms with Crippen LogP contribution in [0.1, 0.15) is 37.2 Å². The van der Waals surface area contributed by atoms with Crippen molar-refractivity contribution in [1.82, 2.24) is 25.2 Å². The average molecular weight is 362 g/mol. The molecule has 0 aliphatic carbocycles. The van der Waals surface area contributed by atoms with Gasteiger partial charge in [0.25, 0.3) is 5.91 Å². The van der Waals surface area contributed by atoms with Gasteiger partial charge in [0.05, 0.1) is 16.9 Å². The van der Waals surface area contributed by atoms with Crippen molar-refractivity contribution in [3.05, 3.63) is 41.2 Å². The molecule has 1 aromatic carbocycles. The quantitative estimate of drug-likeness (QED) is 0.889. The number of aromatic nitrogens is 3. The van der Waals surface area contributed by atoms with E-state index in [-0.39, 0.29) is 11.9 Å². The van der Waals surface area contributed by atoms with Crippen LogP contribution in [0.3, 0.4) is 0 Å². The minimum atomic E-state index is -0.212. The van der Waals surface area contributed by atoms with E-state index in [9.17, 15) is 4.79 Å². The van der Waals surface area contributed by atoms with Gasteiger partial charge in [-0.25, -0.2) is 4.68 Å².